The van der Waals surface area contributed by atoms with E-state index in [1.165, 1.54) is 0 Å². The molecule has 0 radical (unpaired) electrons. The van der Waals surface area contributed by atoms with Crippen molar-refractivity contribution >= 4 is 11.7 Å². The first-order valence-corrected chi connectivity index (χ1v) is 9.45. The lowest BCUT2D eigenvalue weighted by Gasteiger charge is -2.10. The lowest BCUT2D eigenvalue weighted by atomic mass is 10.2. The fourth-order valence-electron chi connectivity index (χ4n) is 2.86. The SMILES string of the molecule is O=C(NCc1ccnc(-n2cccn2)c1)Nc1cccc(COCc2ccco2)c1. The summed E-state index contributed by atoms with van der Waals surface area (Å²) >= 11 is 0. The third-order valence-electron chi connectivity index (χ3n) is 4.28. The van der Waals surface area contributed by atoms with Crippen molar-refractivity contribution in [1.29, 1.82) is 0 Å². The number of hydrogen-bond donors (Lipinski definition) is 2. The van der Waals surface area contributed by atoms with Gasteiger partial charge < -0.3 is 19.8 Å². The van der Waals surface area contributed by atoms with Crippen molar-refractivity contribution in [2.24, 2.45) is 0 Å². The summed E-state index contributed by atoms with van der Waals surface area (Å²) in [5.74, 6) is 1.47. The molecule has 0 bridgehead atoms. The van der Waals surface area contributed by atoms with E-state index in [0.29, 0.717) is 31.3 Å². The molecule has 2 N–H and O–H groups in total. The first-order chi connectivity index (χ1) is 14.8. The van der Waals surface area contributed by atoms with Crippen molar-refractivity contribution in [3.63, 3.8) is 0 Å². The van der Waals surface area contributed by atoms with Crippen LogP contribution in [0.25, 0.3) is 5.82 Å². The van der Waals surface area contributed by atoms with Crippen molar-refractivity contribution in [2.75, 3.05) is 5.32 Å². The minimum atomic E-state index is -0.291. The van der Waals surface area contributed by atoms with E-state index < -0.39 is 0 Å². The van der Waals surface area contributed by atoms with Crippen LogP contribution >= 0.6 is 0 Å². The van der Waals surface area contributed by atoms with Crippen molar-refractivity contribution in [2.45, 2.75) is 19.8 Å². The first-order valence-electron chi connectivity index (χ1n) is 9.45. The molecule has 0 aliphatic heterocycles. The Morgan fingerprint density at radius 3 is 2.83 bits per heavy atom. The van der Waals surface area contributed by atoms with Gasteiger partial charge in [-0.05, 0) is 53.6 Å². The van der Waals surface area contributed by atoms with Crippen LogP contribution in [0, 0.1) is 0 Å². The van der Waals surface area contributed by atoms with Gasteiger partial charge in [-0.15, -0.1) is 0 Å². The number of hydrogen-bond acceptors (Lipinski definition) is 5. The van der Waals surface area contributed by atoms with Crippen molar-refractivity contribution < 1.29 is 13.9 Å². The van der Waals surface area contributed by atoms with Gasteiger partial charge in [-0.1, -0.05) is 12.1 Å². The number of carbonyl (C=O) groups is 1. The molecule has 0 saturated carbocycles. The Hall–Kier alpha value is -3.91. The van der Waals surface area contributed by atoms with E-state index >= 15 is 0 Å². The molecule has 0 spiro atoms. The van der Waals surface area contributed by atoms with Crippen LogP contribution < -0.4 is 10.6 Å². The number of urea groups is 1. The third kappa shape index (κ3) is 5.33. The van der Waals surface area contributed by atoms with Crippen LogP contribution in [0.1, 0.15) is 16.9 Å². The van der Waals surface area contributed by atoms with Crippen LogP contribution in [-0.2, 0) is 24.5 Å². The lowest BCUT2D eigenvalue weighted by molar-refractivity contribution is 0.0930. The minimum absolute atomic E-state index is 0.291. The maximum atomic E-state index is 12.3. The van der Waals surface area contributed by atoms with Crippen LogP contribution in [-0.4, -0.2) is 20.8 Å². The maximum absolute atomic E-state index is 12.3. The first kappa shape index (κ1) is 19.4. The van der Waals surface area contributed by atoms with Crippen LogP contribution in [0.4, 0.5) is 10.5 Å². The monoisotopic (exact) mass is 403 g/mol. The van der Waals surface area contributed by atoms with Gasteiger partial charge >= 0.3 is 6.03 Å². The van der Waals surface area contributed by atoms with Crippen molar-refractivity contribution in [3.8, 4) is 5.82 Å². The Morgan fingerprint density at radius 2 is 2.00 bits per heavy atom. The molecule has 3 heterocycles. The number of nitrogens with one attached hydrogen (secondary N) is 2. The van der Waals surface area contributed by atoms with Gasteiger partial charge in [0.25, 0.3) is 0 Å². The highest BCUT2D eigenvalue weighted by atomic mass is 16.5. The number of pyridine rings is 1. The Balaban J connectivity index is 1.27. The minimum Gasteiger partial charge on any atom is -0.467 e. The number of rotatable bonds is 8. The molecule has 8 nitrogen and oxygen atoms in total. The summed E-state index contributed by atoms with van der Waals surface area (Å²) in [6.45, 7) is 1.19. The standard InChI is InChI=1S/C22H21N5O3/c28-22(24-14-17-7-9-23-21(13-17)27-10-3-8-25-27)26-19-5-1-4-18(12-19)15-29-16-20-6-2-11-30-20/h1-13H,14-16H2,(H2,24,26,28). The lowest BCUT2D eigenvalue weighted by Crippen LogP contribution is -2.28. The van der Waals surface area contributed by atoms with Crippen LogP contribution in [0.15, 0.2) is 83.9 Å². The number of anilines is 1. The molecule has 0 aliphatic carbocycles. The molecule has 3 aromatic heterocycles. The largest absolute Gasteiger partial charge is 0.467 e. The maximum Gasteiger partial charge on any atom is 0.319 e. The average Bonchev–Trinajstić information content (AvgIpc) is 3.47. The number of aromatic nitrogens is 3. The summed E-state index contributed by atoms with van der Waals surface area (Å²) in [4.78, 5) is 16.6. The van der Waals surface area contributed by atoms with E-state index in [4.69, 9.17) is 9.15 Å². The van der Waals surface area contributed by atoms with Gasteiger partial charge in [-0.3, -0.25) is 0 Å². The Labute approximate surface area is 173 Å². The van der Waals surface area contributed by atoms with Gasteiger partial charge in [0, 0.05) is 30.8 Å². The number of nitrogens with zero attached hydrogens (tertiary/aromatic N) is 3. The van der Waals surface area contributed by atoms with Gasteiger partial charge in [0.2, 0.25) is 0 Å². The quantitative estimate of drug-likeness (QED) is 0.465. The molecule has 1 aromatic carbocycles. The molecule has 0 saturated heterocycles. The second kappa shape index (κ2) is 9.53. The average molecular weight is 403 g/mol. The molecule has 8 heteroatoms. The normalized spacial score (nSPS) is 10.7. The fourth-order valence-corrected chi connectivity index (χ4v) is 2.86. The molecule has 0 unspecified atom stereocenters. The van der Waals surface area contributed by atoms with Crippen LogP contribution in [0.5, 0.6) is 0 Å². The van der Waals surface area contributed by atoms with Gasteiger partial charge in [-0.2, -0.15) is 5.10 Å². The number of benzene rings is 1. The summed E-state index contributed by atoms with van der Waals surface area (Å²) in [6.07, 6.45) is 6.82. The second-order valence-corrected chi connectivity index (χ2v) is 6.55. The highest BCUT2D eigenvalue weighted by Gasteiger charge is 2.05. The number of ether oxygens (including phenoxy) is 1. The van der Waals surface area contributed by atoms with Crippen LogP contribution in [0.2, 0.25) is 0 Å². The molecule has 0 atom stereocenters. The summed E-state index contributed by atoms with van der Waals surface area (Å²) in [7, 11) is 0. The van der Waals surface area contributed by atoms with E-state index in [0.717, 1.165) is 16.9 Å². The molecule has 0 fully saturated rings. The molecule has 4 aromatic rings. The number of amides is 2. The molecule has 4 rings (SSSR count). The van der Waals surface area contributed by atoms with E-state index in [-0.39, 0.29) is 6.03 Å². The molecule has 0 aliphatic rings. The fraction of sp³-hybridized carbons (Fsp3) is 0.136. The zero-order valence-corrected chi connectivity index (χ0v) is 16.2. The van der Waals surface area contributed by atoms with Crippen LogP contribution in [0.3, 0.4) is 0 Å². The van der Waals surface area contributed by atoms with Gasteiger partial charge in [0.1, 0.15) is 12.4 Å². The molecule has 152 valence electrons. The second-order valence-electron chi connectivity index (χ2n) is 6.55. The van der Waals surface area contributed by atoms with E-state index in [1.807, 2.05) is 60.8 Å². The highest BCUT2D eigenvalue weighted by Crippen LogP contribution is 2.13. The summed E-state index contributed by atoms with van der Waals surface area (Å²) < 4.78 is 12.5. The summed E-state index contributed by atoms with van der Waals surface area (Å²) in [6, 6.07) is 16.5. The molecular weight excluding hydrogens is 382 g/mol. The summed E-state index contributed by atoms with van der Waals surface area (Å²) in [5.41, 5.74) is 2.57. The molecule has 30 heavy (non-hydrogen) atoms. The Kier molecular flexibility index (Phi) is 6.16. The number of carbonyl (C=O) groups excluding carboxylic acids is 1. The summed E-state index contributed by atoms with van der Waals surface area (Å²) in [5, 5.41) is 9.85. The van der Waals surface area contributed by atoms with Gasteiger partial charge in [0.05, 0.1) is 12.9 Å². The van der Waals surface area contributed by atoms with Crippen molar-refractivity contribution in [1.82, 2.24) is 20.1 Å². The number of furan rings is 1. The van der Waals surface area contributed by atoms with Crippen molar-refractivity contribution in [3.05, 3.63) is 96.3 Å². The zero-order chi connectivity index (χ0) is 20.6. The van der Waals surface area contributed by atoms with Gasteiger partial charge in [-0.25, -0.2) is 14.5 Å². The predicted octanol–water partition coefficient (Wildman–Crippen LogP) is 3.90. The highest BCUT2D eigenvalue weighted by molar-refractivity contribution is 5.89. The molecular formula is C22H21N5O3. The topological polar surface area (TPSA) is 94.2 Å². The predicted molar refractivity (Wildman–Crippen MR) is 111 cm³/mol. The zero-order valence-electron chi connectivity index (χ0n) is 16.2. The van der Waals surface area contributed by atoms with E-state index in [2.05, 4.69) is 20.7 Å². The van der Waals surface area contributed by atoms with Gasteiger partial charge in [0.15, 0.2) is 5.82 Å². The Morgan fingerprint density at radius 1 is 1.03 bits per heavy atom. The third-order valence-corrected chi connectivity index (χ3v) is 4.28. The Bertz CT molecular complexity index is 1080. The molecule has 2 amide bonds. The van der Waals surface area contributed by atoms with E-state index in [1.54, 1.807) is 23.3 Å². The van der Waals surface area contributed by atoms with E-state index in [9.17, 15) is 4.79 Å². The smallest absolute Gasteiger partial charge is 0.319 e.